The molecule has 5 heteroatoms. The molecule has 0 unspecified atom stereocenters. The molecule has 5 nitrogen and oxygen atoms in total. The molecular formula is C10H16N2O3. The van der Waals surface area contributed by atoms with Gasteiger partial charge in [0.2, 0.25) is 5.88 Å². The van der Waals surface area contributed by atoms with Gasteiger partial charge in [-0.25, -0.2) is 4.98 Å². The molecule has 0 aliphatic carbocycles. The van der Waals surface area contributed by atoms with E-state index in [0.717, 1.165) is 5.69 Å². The number of methoxy groups -OCH3 is 1. The van der Waals surface area contributed by atoms with Gasteiger partial charge in [0.15, 0.2) is 0 Å². The second-order valence-corrected chi connectivity index (χ2v) is 2.90. The number of aryl methyl sites for hydroxylation is 1. The van der Waals surface area contributed by atoms with Crippen LogP contribution in [0.4, 0.5) is 0 Å². The van der Waals surface area contributed by atoms with Crippen molar-refractivity contribution in [2.24, 2.45) is 0 Å². The van der Waals surface area contributed by atoms with Gasteiger partial charge >= 0.3 is 6.01 Å². The Hall–Kier alpha value is -1.36. The lowest BCUT2D eigenvalue weighted by Crippen LogP contribution is -2.07. The molecule has 0 N–H and O–H groups in total. The third-order valence-corrected chi connectivity index (χ3v) is 1.62. The first-order valence-electron chi connectivity index (χ1n) is 4.86. The molecule has 15 heavy (non-hydrogen) atoms. The summed E-state index contributed by atoms with van der Waals surface area (Å²) in [5.41, 5.74) is 0.820. The number of ether oxygens (including phenoxy) is 3. The van der Waals surface area contributed by atoms with Crippen molar-refractivity contribution in [2.45, 2.75) is 13.8 Å². The summed E-state index contributed by atoms with van der Waals surface area (Å²) in [7, 11) is 1.63. The van der Waals surface area contributed by atoms with E-state index in [0.29, 0.717) is 31.7 Å². The van der Waals surface area contributed by atoms with Crippen molar-refractivity contribution in [3.8, 4) is 11.9 Å². The van der Waals surface area contributed by atoms with Crippen LogP contribution >= 0.6 is 0 Å². The van der Waals surface area contributed by atoms with Crippen molar-refractivity contribution < 1.29 is 14.2 Å². The van der Waals surface area contributed by atoms with E-state index in [1.807, 2.05) is 13.8 Å². The molecular weight excluding hydrogens is 196 g/mol. The average Bonchev–Trinajstić information content (AvgIpc) is 2.18. The fraction of sp³-hybridized carbons (Fsp3) is 0.600. The molecule has 0 saturated carbocycles. The minimum Gasteiger partial charge on any atom is -0.475 e. The highest BCUT2D eigenvalue weighted by Gasteiger charge is 2.03. The Labute approximate surface area is 89.4 Å². The summed E-state index contributed by atoms with van der Waals surface area (Å²) in [4.78, 5) is 8.19. The van der Waals surface area contributed by atoms with Crippen LogP contribution in [0.15, 0.2) is 6.07 Å². The Kier molecular flexibility index (Phi) is 4.83. The van der Waals surface area contributed by atoms with Gasteiger partial charge < -0.3 is 14.2 Å². The summed E-state index contributed by atoms with van der Waals surface area (Å²) in [6.07, 6.45) is 0. The lowest BCUT2D eigenvalue weighted by atomic mass is 10.4. The smallest absolute Gasteiger partial charge is 0.319 e. The first-order valence-corrected chi connectivity index (χ1v) is 4.86. The van der Waals surface area contributed by atoms with Gasteiger partial charge in [-0.2, -0.15) is 4.98 Å². The third-order valence-electron chi connectivity index (χ3n) is 1.62. The molecule has 84 valence electrons. The highest BCUT2D eigenvalue weighted by Crippen LogP contribution is 2.13. The van der Waals surface area contributed by atoms with E-state index >= 15 is 0 Å². The minimum atomic E-state index is 0.352. The summed E-state index contributed by atoms with van der Waals surface area (Å²) in [6, 6.07) is 2.11. The molecule has 0 spiro atoms. The Balaban J connectivity index is 2.62. The highest BCUT2D eigenvalue weighted by atomic mass is 16.5. The van der Waals surface area contributed by atoms with Crippen LogP contribution in [0, 0.1) is 6.92 Å². The highest BCUT2D eigenvalue weighted by molar-refractivity contribution is 5.17. The van der Waals surface area contributed by atoms with Crippen molar-refractivity contribution in [1.29, 1.82) is 0 Å². The summed E-state index contributed by atoms with van der Waals surface area (Å²) in [6.45, 7) is 5.30. The first-order chi connectivity index (χ1) is 7.26. The van der Waals surface area contributed by atoms with E-state index in [4.69, 9.17) is 14.2 Å². The maximum absolute atomic E-state index is 5.36. The van der Waals surface area contributed by atoms with E-state index in [1.54, 1.807) is 13.2 Å². The van der Waals surface area contributed by atoms with Crippen LogP contribution in [0.3, 0.4) is 0 Å². The van der Waals surface area contributed by atoms with E-state index < -0.39 is 0 Å². The average molecular weight is 212 g/mol. The number of aromatic nitrogens is 2. The zero-order valence-corrected chi connectivity index (χ0v) is 9.32. The molecule has 1 rings (SSSR count). The second-order valence-electron chi connectivity index (χ2n) is 2.90. The number of hydrogen-bond acceptors (Lipinski definition) is 5. The third kappa shape index (κ3) is 4.12. The van der Waals surface area contributed by atoms with E-state index in [9.17, 15) is 0 Å². The maximum Gasteiger partial charge on any atom is 0.319 e. The van der Waals surface area contributed by atoms with Crippen molar-refractivity contribution >= 4 is 0 Å². The Bertz CT molecular complexity index is 305. The quantitative estimate of drug-likeness (QED) is 0.663. The van der Waals surface area contributed by atoms with Gasteiger partial charge in [-0.3, -0.25) is 0 Å². The molecule has 0 fully saturated rings. The van der Waals surface area contributed by atoms with Crippen LogP contribution in [-0.2, 0) is 4.74 Å². The van der Waals surface area contributed by atoms with E-state index in [2.05, 4.69) is 9.97 Å². The lowest BCUT2D eigenvalue weighted by Gasteiger charge is -2.07. The van der Waals surface area contributed by atoms with Gasteiger partial charge in [0.25, 0.3) is 0 Å². The van der Waals surface area contributed by atoms with Gasteiger partial charge in [-0.1, -0.05) is 0 Å². The van der Waals surface area contributed by atoms with Crippen LogP contribution in [0.2, 0.25) is 0 Å². The van der Waals surface area contributed by atoms with Crippen LogP contribution in [0.25, 0.3) is 0 Å². The minimum absolute atomic E-state index is 0.352. The van der Waals surface area contributed by atoms with Gasteiger partial charge in [-0.05, 0) is 13.8 Å². The Morgan fingerprint density at radius 2 is 2.00 bits per heavy atom. The van der Waals surface area contributed by atoms with E-state index in [1.165, 1.54) is 0 Å². The number of hydrogen-bond donors (Lipinski definition) is 0. The zero-order chi connectivity index (χ0) is 11.1. The van der Waals surface area contributed by atoms with Crippen LogP contribution in [-0.4, -0.2) is 36.9 Å². The molecule has 1 heterocycles. The fourth-order valence-corrected chi connectivity index (χ4v) is 1.01. The second kappa shape index (κ2) is 6.19. The lowest BCUT2D eigenvalue weighted by molar-refractivity contribution is 0.142. The molecule has 0 aliphatic heterocycles. The Morgan fingerprint density at radius 1 is 1.20 bits per heavy atom. The molecule has 1 aromatic heterocycles. The zero-order valence-electron chi connectivity index (χ0n) is 9.32. The molecule has 0 bridgehead atoms. The monoisotopic (exact) mass is 212 g/mol. The summed E-state index contributed by atoms with van der Waals surface area (Å²) >= 11 is 0. The standard InChI is InChI=1S/C10H16N2O3/c1-4-14-10-11-8(2)7-9(12-10)15-6-5-13-3/h7H,4-6H2,1-3H3. The van der Waals surface area contributed by atoms with Gasteiger partial charge in [0, 0.05) is 18.9 Å². The van der Waals surface area contributed by atoms with Crippen molar-refractivity contribution in [1.82, 2.24) is 9.97 Å². The van der Waals surface area contributed by atoms with Gasteiger partial charge in [0.1, 0.15) is 6.61 Å². The van der Waals surface area contributed by atoms with Crippen molar-refractivity contribution in [3.63, 3.8) is 0 Å². The van der Waals surface area contributed by atoms with Gasteiger partial charge in [-0.15, -0.1) is 0 Å². The Morgan fingerprint density at radius 3 is 2.67 bits per heavy atom. The molecule has 0 aliphatic rings. The molecule has 0 radical (unpaired) electrons. The fourth-order valence-electron chi connectivity index (χ4n) is 1.01. The molecule has 0 saturated heterocycles. The summed E-state index contributed by atoms with van der Waals surface area (Å²) in [5, 5.41) is 0. The first kappa shape index (κ1) is 11.7. The summed E-state index contributed by atoms with van der Waals surface area (Å²) < 4.78 is 15.4. The SMILES string of the molecule is CCOc1nc(C)cc(OCCOC)n1. The van der Waals surface area contributed by atoms with Crippen molar-refractivity contribution in [3.05, 3.63) is 11.8 Å². The predicted octanol–water partition coefficient (Wildman–Crippen LogP) is 1.21. The molecule has 0 amide bonds. The molecule has 0 aromatic carbocycles. The normalized spacial score (nSPS) is 10.1. The largest absolute Gasteiger partial charge is 0.475 e. The van der Waals surface area contributed by atoms with Crippen LogP contribution < -0.4 is 9.47 Å². The maximum atomic E-state index is 5.36. The molecule has 1 aromatic rings. The van der Waals surface area contributed by atoms with Crippen molar-refractivity contribution in [2.75, 3.05) is 26.9 Å². The van der Waals surface area contributed by atoms with Crippen LogP contribution in [0.1, 0.15) is 12.6 Å². The van der Waals surface area contributed by atoms with Gasteiger partial charge in [0.05, 0.1) is 13.2 Å². The number of nitrogens with zero attached hydrogens (tertiary/aromatic N) is 2. The topological polar surface area (TPSA) is 53.5 Å². The van der Waals surface area contributed by atoms with E-state index in [-0.39, 0.29) is 0 Å². The predicted molar refractivity (Wildman–Crippen MR) is 55.3 cm³/mol. The molecule has 0 atom stereocenters. The van der Waals surface area contributed by atoms with Crippen LogP contribution in [0.5, 0.6) is 11.9 Å². The summed E-state index contributed by atoms with van der Waals surface area (Å²) in [5.74, 6) is 0.517. The number of rotatable bonds is 6.